The standard InChI is InChI=1S/C18H27N3O5/c1-24-11-6-19-13-17(22)20-7-9-21(10-8-20)18(23)15-5-4-14(25-2)12-16(15)26-3/h4-5,12,19H,6-11,13H2,1-3H3. The largest absolute Gasteiger partial charge is 0.497 e. The molecule has 26 heavy (non-hydrogen) atoms. The molecule has 8 heteroatoms. The fraction of sp³-hybridized carbons (Fsp3) is 0.556. The zero-order valence-electron chi connectivity index (χ0n) is 15.6. The lowest BCUT2D eigenvalue weighted by molar-refractivity contribution is -0.131. The summed E-state index contributed by atoms with van der Waals surface area (Å²) in [6, 6.07) is 5.14. The van der Waals surface area contributed by atoms with E-state index in [2.05, 4.69) is 5.32 Å². The Kier molecular flexibility index (Phi) is 7.68. The van der Waals surface area contributed by atoms with Gasteiger partial charge in [0.15, 0.2) is 0 Å². The van der Waals surface area contributed by atoms with Gasteiger partial charge in [-0.2, -0.15) is 0 Å². The number of carbonyl (C=O) groups excluding carboxylic acids is 2. The normalized spacial score (nSPS) is 14.3. The van der Waals surface area contributed by atoms with Gasteiger partial charge in [-0.15, -0.1) is 0 Å². The highest BCUT2D eigenvalue weighted by Gasteiger charge is 2.26. The zero-order chi connectivity index (χ0) is 18.9. The van der Waals surface area contributed by atoms with Gasteiger partial charge in [0, 0.05) is 45.9 Å². The van der Waals surface area contributed by atoms with E-state index >= 15 is 0 Å². The molecule has 1 fully saturated rings. The van der Waals surface area contributed by atoms with E-state index in [4.69, 9.17) is 14.2 Å². The van der Waals surface area contributed by atoms with Gasteiger partial charge in [-0.1, -0.05) is 0 Å². The molecule has 1 saturated heterocycles. The monoisotopic (exact) mass is 365 g/mol. The number of methoxy groups -OCH3 is 3. The molecule has 0 atom stereocenters. The van der Waals surface area contributed by atoms with Crippen molar-refractivity contribution in [2.45, 2.75) is 0 Å². The van der Waals surface area contributed by atoms with Gasteiger partial charge >= 0.3 is 0 Å². The van der Waals surface area contributed by atoms with Crippen LogP contribution in [0.1, 0.15) is 10.4 Å². The van der Waals surface area contributed by atoms with Crippen LogP contribution in [0.4, 0.5) is 0 Å². The molecule has 2 rings (SSSR count). The molecule has 0 spiro atoms. The molecule has 0 bridgehead atoms. The smallest absolute Gasteiger partial charge is 0.257 e. The van der Waals surface area contributed by atoms with Crippen molar-refractivity contribution in [2.24, 2.45) is 0 Å². The molecule has 1 aliphatic heterocycles. The summed E-state index contributed by atoms with van der Waals surface area (Å²) >= 11 is 0. The van der Waals surface area contributed by atoms with E-state index in [0.717, 1.165) is 0 Å². The number of hydrogen-bond acceptors (Lipinski definition) is 6. The van der Waals surface area contributed by atoms with Crippen LogP contribution in [0.2, 0.25) is 0 Å². The number of amides is 2. The molecule has 1 aliphatic rings. The van der Waals surface area contributed by atoms with E-state index in [1.165, 1.54) is 7.11 Å². The van der Waals surface area contributed by atoms with E-state index in [1.807, 2.05) is 0 Å². The lowest BCUT2D eigenvalue weighted by Gasteiger charge is -2.35. The summed E-state index contributed by atoms with van der Waals surface area (Å²) in [5.74, 6) is 1.05. The molecular weight excluding hydrogens is 338 g/mol. The molecule has 0 aliphatic carbocycles. The first-order chi connectivity index (χ1) is 12.6. The summed E-state index contributed by atoms with van der Waals surface area (Å²) in [7, 11) is 4.72. The van der Waals surface area contributed by atoms with Crippen molar-refractivity contribution >= 4 is 11.8 Å². The number of ether oxygens (including phenoxy) is 3. The molecule has 0 radical (unpaired) electrons. The van der Waals surface area contributed by atoms with E-state index in [0.29, 0.717) is 56.4 Å². The molecule has 1 heterocycles. The summed E-state index contributed by atoms with van der Waals surface area (Å²) in [5.41, 5.74) is 0.495. The fourth-order valence-corrected chi connectivity index (χ4v) is 2.79. The maximum absolute atomic E-state index is 12.8. The maximum Gasteiger partial charge on any atom is 0.257 e. The van der Waals surface area contributed by atoms with Crippen LogP contribution in [0.15, 0.2) is 18.2 Å². The number of piperazine rings is 1. The Bertz CT molecular complexity index is 615. The second kappa shape index (κ2) is 9.98. The molecule has 0 saturated carbocycles. The van der Waals surface area contributed by atoms with Crippen molar-refractivity contribution in [2.75, 3.05) is 67.2 Å². The third-order valence-electron chi connectivity index (χ3n) is 4.32. The van der Waals surface area contributed by atoms with Crippen molar-refractivity contribution < 1.29 is 23.8 Å². The van der Waals surface area contributed by atoms with Crippen molar-refractivity contribution in [3.05, 3.63) is 23.8 Å². The molecule has 0 aromatic heterocycles. The minimum absolute atomic E-state index is 0.0373. The van der Waals surface area contributed by atoms with Crippen molar-refractivity contribution in [3.63, 3.8) is 0 Å². The summed E-state index contributed by atoms with van der Waals surface area (Å²) in [4.78, 5) is 28.5. The molecule has 1 aromatic rings. The lowest BCUT2D eigenvalue weighted by Crippen LogP contribution is -2.52. The van der Waals surface area contributed by atoms with Crippen molar-refractivity contribution in [1.29, 1.82) is 0 Å². The third kappa shape index (κ3) is 5.09. The number of nitrogens with zero attached hydrogens (tertiary/aromatic N) is 2. The van der Waals surface area contributed by atoms with Crippen LogP contribution in [0.25, 0.3) is 0 Å². The van der Waals surface area contributed by atoms with Gasteiger partial charge in [0.25, 0.3) is 5.91 Å². The Balaban J connectivity index is 1.89. The maximum atomic E-state index is 12.8. The number of hydrogen-bond donors (Lipinski definition) is 1. The lowest BCUT2D eigenvalue weighted by atomic mass is 10.1. The predicted octanol–water partition coefficient (Wildman–Crippen LogP) is 0.224. The Morgan fingerprint density at radius 2 is 1.73 bits per heavy atom. The zero-order valence-corrected chi connectivity index (χ0v) is 15.6. The molecule has 0 unspecified atom stereocenters. The van der Waals surface area contributed by atoms with Crippen LogP contribution in [-0.4, -0.2) is 88.8 Å². The highest BCUT2D eigenvalue weighted by atomic mass is 16.5. The highest BCUT2D eigenvalue weighted by molar-refractivity contribution is 5.97. The average Bonchev–Trinajstić information content (AvgIpc) is 2.70. The summed E-state index contributed by atoms with van der Waals surface area (Å²) in [6.07, 6.45) is 0. The number of benzene rings is 1. The fourth-order valence-electron chi connectivity index (χ4n) is 2.79. The second-order valence-corrected chi connectivity index (χ2v) is 5.91. The first-order valence-electron chi connectivity index (χ1n) is 8.59. The predicted molar refractivity (Wildman–Crippen MR) is 96.8 cm³/mol. The van der Waals surface area contributed by atoms with Crippen LogP contribution >= 0.6 is 0 Å². The summed E-state index contributed by atoms with van der Waals surface area (Å²) < 4.78 is 15.4. The van der Waals surface area contributed by atoms with Gasteiger partial charge < -0.3 is 29.3 Å². The van der Waals surface area contributed by atoms with Crippen molar-refractivity contribution in [3.8, 4) is 11.5 Å². The van der Waals surface area contributed by atoms with Gasteiger partial charge in [-0.3, -0.25) is 9.59 Å². The van der Waals surface area contributed by atoms with E-state index in [-0.39, 0.29) is 18.4 Å². The van der Waals surface area contributed by atoms with Crippen molar-refractivity contribution in [1.82, 2.24) is 15.1 Å². The minimum atomic E-state index is -0.102. The SMILES string of the molecule is COCCNCC(=O)N1CCN(C(=O)c2ccc(OC)cc2OC)CC1. The van der Waals surface area contributed by atoms with Gasteiger partial charge in [0.2, 0.25) is 5.91 Å². The molecule has 1 N–H and O–H groups in total. The molecular formula is C18H27N3O5. The van der Waals surface area contributed by atoms with Crippen LogP contribution in [0, 0.1) is 0 Å². The van der Waals surface area contributed by atoms with Crippen LogP contribution in [0.5, 0.6) is 11.5 Å². The number of nitrogens with one attached hydrogen (secondary N) is 1. The first kappa shape index (κ1) is 20.0. The molecule has 2 amide bonds. The van der Waals surface area contributed by atoms with Gasteiger partial charge in [-0.05, 0) is 12.1 Å². The highest BCUT2D eigenvalue weighted by Crippen LogP contribution is 2.26. The van der Waals surface area contributed by atoms with E-state index < -0.39 is 0 Å². The van der Waals surface area contributed by atoms with E-state index in [1.54, 1.807) is 42.2 Å². The Hall–Kier alpha value is -2.32. The molecule has 8 nitrogen and oxygen atoms in total. The van der Waals surface area contributed by atoms with Gasteiger partial charge in [0.1, 0.15) is 11.5 Å². The Morgan fingerprint density at radius 3 is 2.35 bits per heavy atom. The number of rotatable bonds is 8. The third-order valence-corrected chi connectivity index (χ3v) is 4.32. The average molecular weight is 365 g/mol. The Morgan fingerprint density at radius 1 is 1.04 bits per heavy atom. The van der Waals surface area contributed by atoms with E-state index in [9.17, 15) is 9.59 Å². The topological polar surface area (TPSA) is 80.3 Å². The molecule has 1 aromatic carbocycles. The minimum Gasteiger partial charge on any atom is -0.497 e. The number of carbonyl (C=O) groups is 2. The summed E-state index contributed by atoms with van der Waals surface area (Å²) in [5, 5.41) is 3.04. The van der Waals surface area contributed by atoms with Crippen LogP contribution in [-0.2, 0) is 9.53 Å². The molecule has 144 valence electrons. The second-order valence-electron chi connectivity index (χ2n) is 5.91. The van der Waals surface area contributed by atoms with Gasteiger partial charge in [-0.25, -0.2) is 0 Å². The Labute approximate surface area is 154 Å². The van der Waals surface area contributed by atoms with Gasteiger partial charge in [0.05, 0.1) is 32.9 Å². The first-order valence-corrected chi connectivity index (χ1v) is 8.59. The quantitative estimate of drug-likeness (QED) is 0.664. The van der Waals surface area contributed by atoms with Crippen LogP contribution < -0.4 is 14.8 Å². The summed E-state index contributed by atoms with van der Waals surface area (Å²) in [6.45, 7) is 3.53. The van der Waals surface area contributed by atoms with Crippen LogP contribution in [0.3, 0.4) is 0 Å².